The molecule has 4 rings (SSSR count). The summed E-state index contributed by atoms with van der Waals surface area (Å²) in [6.45, 7) is 1.53. The number of carbonyl (C=O) groups is 1. The van der Waals surface area contributed by atoms with Crippen molar-refractivity contribution in [1.82, 2.24) is 15.1 Å². The van der Waals surface area contributed by atoms with Crippen LogP contribution in [0.15, 0.2) is 59.4 Å². The molecule has 0 spiro atoms. The molecule has 0 saturated heterocycles. The number of carbonyl (C=O) groups excluding carboxylic acids is 1. The molecule has 2 unspecified atom stereocenters. The van der Waals surface area contributed by atoms with Crippen molar-refractivity contribution in [2.75, 3.05) is 0 Å². The number of rotatable bonds is 4. The molecule has 1 N–H and O–H groups in total. The van der Waals surface area contributed by atoms with Gasteiger partial charge in [-0.05, 0) is 24.5 Å². The molecular formula is C23H25N3O2. The molecule has 1 fully saturated rings. The molecule has 1 saturated carbocycles. The lowest BCUT2D eigenvalue weighted by Gasteiger charge is -2.32. The molecule has 1 aliphatic carbocycles. The molecule has 28 heavy (non-hydrogen) atoms. The van der Waals surface area contributed by atoms with Crippen LogP contribution >= 0.6 is 0 Å². The molecule has 2 atom stereocenters. The normalized spacial score (nSPS) is 19.5. The van der Waals surface area contributed by atoms with Crippen LogP contribution in [0.1, 0.15) is 49.9 Å². The third kappa shape index (κ3) is 3.70. The molecule has 1 heterocycles. The first kappa shape index (κ1) is 18.4. The van der Waals surface area contributed by atoms with Gasteiger partial charge in [-0.2, -0.15) is 5.10 Å². The summed E-state index contributed by atoms with van der Waals surface area (Å²) in [5.74, 6) is -0.0600. The lowest BCUT2D eigenvalue weighted by atomic mass is 9.90. The van der Waals surface area contributed by atoms with Gasteiger partial charge in [-0.15, -0.1) is 0 Å². The second kappa shape index (κ2) is 7.97. The van der Waals surface area contributed by atoms with Gasteiger partial charge in [0.05, 0.1) is 23.2 Å². The number of fused-ring (bicyclic) bond motifs is 1. The fourth-order valence-electron chi connectivity index (χ4n) is 4.25. The summed E-state index contributed by atoms with van der Waals surface area (Å²) in [6, 6.07) is 17.7. The van der Waals surface area contributed by atoms with Crippen LogP contribution in [0.2, 0.25) is 0 Å². The Kier molecular flexibility index (Phi) is 5.24. The number of nitrogens with one attached hydrogen (secondary N) is 1. The van der Waals surface area contributed by atoms with Gasteiger partial charge in [0.25, 0.3) is 5.56 Å². The van der Waals surface area contributed by atoms with Crippen LogP contribution in [0.25, 0.3) is 10.8 Å². The van der Waals surface area contributed by atoms with Crippen LogP contribution in [0.4, 0.5) is 0 Å². The lowest BCUT2D eigenvalue weighted by Crippen LogP contribution is -2.45. The summed E-state index contributed by atoms with van der Waals surface area (Å²) in [6.07, 6.45) is 4.48. The van der Waals surface area contributed by atoms with Crippen LogP contribution in [0.3, 0.4) is 0 Å². The SMILES string of the molecule is CC(=O)NC1CCCCC1n1nc(Cc2ccccc2)c2ccccc2c1=O. The van der Waals surface area contributed by atoms with Crippen molar-refractivity contribution in [1.29, 1.82) is 0 Å². The van der Waals surface area contributed by atoms with Gasteiger partial charge in [-0.1, -0.05) is 61.4 Å². The van der Waals surface area contributed by atoms with E-state index in [2.05, 4.69) is 17.4 Å². The van der Waals surface area contributed by atoms with Crippen molar-refractivity contribution in [2.45, 2.75) is 51.1 Å². The zero-order valence-electron chi connectivity index (χ0n) is 16.1. The summed E-state index contributed by atoms with van der Waals surface area (Å²) in [5, 5.41) is 9.46. The van der Waals surface area contributed by atoms with Crippen molar-refractivity contribution in [3.63, 3.8) is 0 Å². The highest BCUT2D eigenvalue weighted by Gasteiger charge is 2.29. The van der Waals surface area contributed by atoms with Crippen molar-refractivity contribution in [3.8, 4) is 0 Å². The highest BCUT2D eigenvalue weighted by molar-refractivity contribution is 5.83. The molecule has 144 valence electrons. The van der Waals surface area contributed by atoms with Gasteiger partial charge in [0.2, 0.25) is 5.91 Å². The summed E-state index contributed by atoms with van der Waals surface area (Å²) >= 11 is 0. The summed E-state index contributed by atoms with van der Waals surface area (Å²) in [5.41, 5.74) is 1.98. The highest BCUT2D eigenvalue weighted by atomic mass is 16.1. The van der Waals surface area contributed by atoms with Gasteiger partial charge in [-0.25, -0.2) is 4.68 Å². The van der Waals surface area contributed by atoms with Crippen LogP contribution in [0, 0.1) is 0 Å². The third-order valence-electron chi connectivity index (χ3n) is 5.55. The number of nitrogens with zero attached hydrogens (tertiary/aromatic N) is 2. The molecule has 2 aromatic carbocycles. The minimum Gasteiger partial charge on any atom is -0.351 e. The molecule has 1 amide bonds. The molecule has 0 radical (unpaired) electrons. The Morgan fingerprint density at radius 3 is 2.46 bits per heavy atom. The van der Waals surface area contributed by atoms with Gasteiger partial charge in [0, 0.05) is 18.7 Å². The fourth-order valence-corrected chi connectivity index (χ4v) is 4.25. The highest BCUT2D eigenvalue weighted by Crippen LogP contribution is 2.28. The molecule has 1 aliphatic rings. The smallest absolute Gasteiger partial charge is 0.274 e. The van der Waals surface area contributed by atoms with E-state index in [0.717, 1.165) is 42.3 Å². The topological polar surface area (TPSA) is 64.0 Å². The van der Waals surface area contributed by atoms with E-state index < -0.39 is 0 Å². The van der Waals surface area contributed by atoms with Crippen molar-refractivity contribution in [3.05, 3.63) is 76.2 Å². The van der Waals surface area contributed by atoms with Crippen molar-refractivity contribution < 1.29 is 4.79 Å². The van der Waals surface area contributed by atoms with E-state index in [1.54, 1.807) is 4.68 Å². The maximum absolute atomic E-state index is 13.3. The standard InChI is InChI=1S/C23H25N3O2/c1-16(27)24-20-13-7-8-14-22(20)26-23(28)19-12-6-5-11-18(19)21(25-26)15-17-9-3-2-4-10-17/h2-6,9-12,20,22H,7-8,13-15H2,1H3,(H,24,27). The summed E-state index contributed by atoms with van der Waals surface area (Å²) in [7, 11) is 0. The Morgan fingerprint density at radius 1 is 1.04 bits per heavy atom. The van der Waals surface area contributed by atoms with Crippen molar-refractivity contribution >= 4 is 16.7 Å². The molecular weight excluding hydrogens is 350 g/mol. The Morgan fingerprint density at radius 2 is 1.71 bits per heavy atom. The minimum absolute atomic E-state index is 0.0535. The fraction of sp³-hybridized carbons (Fsp3) is 0.348. The molecule has 0 aliphatic heterocycles. The average molecular weight is 375 g/mol. The predicted molar refractivity (Wildman–Crippen MR) is 110 cm³/mol. The Bertz CT molecular complexity index is 1040. The Hall–Kier alpha value is -2.95. The molecule has 5 heteroatoms. The monoisotopic (exact) mass is 375 g/mol. The maximum atomic E-state index is 13.3. The Labute approximate surface area is 164 Å². The number of hydrogen-bond acceptors (Lipinski definition) is 3. The Balaban J connectivity index is 1.83. The van der Waals surface area contributed by atoms with Gasteiger partial charge in [0.1, 0.15) is 0 Å². The first-order valence-corrected chi connectivity index (χ1v) is 9.95. The largest absolute Gasteiger partial charge is 0.351 e. The quantitative estimate of drug-likeness (QED) is 0.758. The summed E-state index contributed by atoms with van der Waals surface area (Å²) < 4.78 is 1.64. The van der Waals surface area contributed by atoms with E-state index in [4.69, 9.17) is 5.10 Å². The number of benzene rings is 2. The van der Waals surface area contributed by atoms with Gasteiger partial charge >= 0.3 is 0 Å². The van der Waals surface area contributed by atoms with E-state index in [0.29, 0.717) is 11.8 Å². The zero-order valence-corrected chi connectivity index (χ0v) is 16.1. The van der Waals surface area contributed by atoms with E-state index in [1.807, 2.05) is 42.5 Å². The van der Waals surface area contributed by atoms with Crippen molar-refractivity contribution in [2.24, 2.45) is 0 Å². The van der Waals surface area contributed by atoms with Gasteiger partial charge < -0.3 is 5.32 Å². The first-order valence-electron chi connectivity index (χ1n) is 9.95. The number of hydrogen-bond donors (Lipinski definition) is 1. The van der Waals surface area contributed by atoms with E-state index in [1.165, 1.54) is 6.92 Å². The average Bonchev–Trinajstić information content (AvgIpc) is 2.71. The van der Waals surface area contributed by atoms with Crippen LogP contribution in [-0.4, -0.2) is 21.7 Å². The number of aromatic nitrogens is 2. The second-order valence-electron chi connectivity index (χ2n) is 7.56. The van der Waals surface area contributed by atoms with Gasteiger partial charge in [0.15, 0.2) is 0 Å². The van der Waals surface area contributed by atoms with E-state index in [9.17, 15) is 9.59 Å². The lowest BCUT2D eigenvalue weighted by molar-refractivity contribution is -0.120. The number of amides is 1. The third-order valence-corrected chi connectivity index (χ3v) is 5.55. The van der Waals surface area contributed by atoms with Crippen LogP contribution in [-0.2, 0) is 11.2 Å². The van der Waals surface area contributed by atoms with Gasteiger partial charge in [-0.3, -0.25) is 9.59 Å². The maximum Gasteiger partial charge on any atom is 0.274 e. The van der Waals surface area contributed by atoms with Crippen LogP contribution in [0.5, 0.6) is 0 Å². The minimum atomic E-state index is -0.107. The molecule has 0 bridgehead atoms. The zero-order chi connectivity index (χ0) is 19.5. The van der Waals surface area contributed by atoms with E-state index in [-0.39, 0.29) is 23.6 Å². The molecule has 5 nitrogen and oxygen atoms in total. The molecule has 1 aromatic heterocycles. The second-order valence-corrected chi connectivity index (χ2v) is 7.56. The first-order chi connectivity index (χ1) is 13.6. The predicted octanol–water partition coefficient (Wildman–Crippen LogP) is 3.61. The van der Waals surface area contributed by atoms with E-state index >= 15 is 0 Å². The summed E-state index contributed by atoms with van der Waals surface area (Å²) in [4.78, 5) is 24.9. The van der Waals surface area contributed by atoms with Crippen LogP contribution < -0.4 is 10.9 Å². The molecule has 3 aromatic rings.